The number of hydrogen-bond donors (Lipinski definition) is 2. The summed E-state index contributed by atoms with van der Waals surface area (Å²) in [6, 6.07) is 7.99. The average molecular weight is 241 g/mol. The van der Waals surface area contributed by atoms with Gasteiger partial charge in [0.05, 0.1) is 11.5 Å². The molecule has 1 aliphatic heterocycles. The van der Waals surface area contributed by atoms with E-state index in [0.717, 1.165) is 36.1 Å². The molecule has 1 aromatic rings. The molecular weight excluding hydrogens is 226 g/mol. The maximum Gasteiger partial charge on any atom is 0.224 e. The molecule has 1 saturated carbocycles. The molecule has 1 amide bonds. The minimum absolute atomic E-state index is 0.0650. The molecule has 92 valence electrons. The highest BCUT2D eigenvalue weighted by Gasteiger charge is 2.49. The van der Waals surface area contributed by atoms with Crippen molar-refractivity contribution < 1.29 is 4.79 Å². The Labute approximate surface area is 106 Å². The van der Waals surface area contributed by atoms with Crippen molar-refractivity contribution in [3.8, 4) is 6.07 Å². The van der Waals surface area contributed by atoms with Gasteiger partial charge in [-0.15, -0.1) is 0 Å². The molecule has 0 saturated heterocycles. The van der Waals surface area contributed by atoms with Gasteiger partial charge in [0, 0.05) is 18.2 Å². The second kappa shape index (κ2) is 3.82. The summed E-state index contributed by atoms with van der Waals surface area (Å²) >= 11 is 0. The highest BCUT2D eigenvalue weighted by atomic mass is 16.1. The fourth-order valence-electron chi connectivity index (χ4n) is 2.54. The number of aryl methyl sites for hydroxylation is 1. The van der Waals surface area contributed by atoms with Gasteiger partial charge in [0.15, 0.2) is 0 Å². The van der Waals surface area contributed by atoms with Gasteiger partial charge < -0.3 is 11.1 Å². The van der Waals surface area contributed by atoms with Crippen molar-refractivity contribution >= 4 is 11.6 Å². The van der Waals surface area contributed by atoms with E-state index in [1.165, 1.54) is 0 Å². The van der Waals surface area contributed by atoms with Crippen LogP contribution in [0.15, 0.2) is 18.2 Å². The predicted octanol–water partition coefficient (Wildman–Crippen LogP) is 1.87. The Hall–Kier alpha value is -1.86. The van der Waals surface area contributed by atoms with Crippen molar-refractivity contribution in [2.24, 2.45) is 11.1 Å². The van der Waals surface area contributed by atoms with Crippen LogP contribution in [0.4, 0.5) is 5.69 Å². The lowest BCUT2D eigenvalue weighted by Crippen LogP contribution is -2.23. The molecule has 18 heavy (non-hydrogen) atoms. The number of carbonyl (C=O) groups excluding carboxylic acids is 1. The summed E-state index contributed by atoms with van der Waals surface area (Å²) < 4.78 is 0. The van der Waals surface area contributed by atoms with E-state index in [2.05, 4.69) is 11.4 Å². The Morgan fingerprint density at radius 3 is 2.83 bits per heavy atom. The third-order valence-corrected chi connectivity index (χ3v) is 3.99. The van der Waals surface area contributed by atoms with Crippen LogP contribution in [-0.4, -0.2) is 5.91 Å². The van der Waals surface area contributed by atoms with Crippen molar-refractivity contribution in [1.82, 2.24) is 0 Å². The van der Waals surface area contributed by atoms with Gasteiger partial charge in [-0.2, -0.15) is 5.26 Å². The summed E-state index contributed by atoms with van der Waals surface area (Å²) in [6.07, 6.45) is 3.05. The summed E-state index contributed by atoms with van der Waals surface area (Å²) in [5.74, 6) is 0.0650. The zero-order valence-corrected chi connectivity index (χ0v) is 10.1. The van der Waals surface area contributed by atoms with Gasteiger partial charge in [-0.3, -0.25) is 4.79 Å². The van der Waals surface area contributed by atoms with E-state index in [-0.39, 0.29) is 17.4 Å². The van der Waals surface area contributed by atoms with Gasteiger partial charge in [0.2, 0.25) is 5.91 Å². The second-order valence-corrected chi connectivity index (χ2v) is 5.21. The number of hydrogen-bond acceptors (Lipinski definition) is 3. The summed E-state index contributed by atoms with van der Waals surface area (Å²) in [7, 11) is 0. The lowest BCUT2D eigenvalue weighted by Gasteiger charge is -2.21. The molecule has 2 aliphatic rings. The number of nitriles is 1. The third kappa shape index (κ3) is 1.68. The number of amides is 1. The molecule has 1 aliphatic carbocycles. The number of anilines is 1. The van der Waals surface area contributed by atoms with Crippen molar-refractivity contribution in [3.05, 3.63) is 29.3 Å². The highest BCUT2D eigenvalue weighted by molar-refractivity contribution is 5.93. The molecule has 0 bridgehead atoms. The number of benzene rings is 1. The molecule has 1 atom stereocenters. The fourth-order valence-corrected chi connectivity index (χ4v) is 2.54. The third-order valence-electron chi connectivity index (χ3n) is 3.99. The monoisotopic (exact) mass is 241 g/mol. The Bertz CT molecular complexity index is 555. The Balaban J connectivity index is 1.91. The summed E-state index contributed by atoms with van der Waals surface area (Å²) in [6.45, 7) is 0. The molecule has 3 N–H and O–H groups in total. The first kappa shape index (κ1) is 11.2. The van der Waals surface area contributed by atoms with Gasteiger partial charge in [0.25, 0.3) is 0 Å². The molecule has 1 aromatic carbocycles. The normalized spacial score (nSPS) is 21.4. The van der Waals surface area contributed by atoms with Crippen LogP contribution >= 0.6 is 0 Å². The van der Waals surface area contributed by atoms with E-state index in [9.17, 15) is 10.1 Å². The number of fused-ring (bicyclic) bond motifs is 1. The topological polar surface area (TPSA) is 78.9 Å². The number of nitrogens with zero attached hydrogens (tertiary/aromatic N) is 1. The van der Waals surface area contributed by atoms with E-state index >= 15 is 0 Å². The first-order valence-corrected chi connectivity index (χ1v) is 6.24. The zero-order chi connectivity index (χ0) is 12.8. The van der Waals surface area contributed by atoms with Gasteiger partial charge >= 0.3 is 0 Å². The quantitative estimate of drug-likeness (QED) is 0.829. The molecule has 4 nitrogen and oxygen atoms in total. The van der Waals surface area contributed by atoms with E-state index in [1.807, 2.05) is 18.2 Å². The Morgan fingerprint density at radius 2 is 2.17 bits per heavy atom. The maximum absolute atomic E-state index is 11.3. The molecule has 4 heteroatoms. The lowest BCUT2D eigenvalue weighted by molar-refractivity contribution is -0.116. The van der Waals surface area contributed by atoms with E-state index in [4.69, 9.17) is 5.73 Å². The van der Waals surface area contributed by atoms with Gasteiger partial charge in [-0.05, 0) is 36.5 Å². The summed E-state index contributed by atoms with van der Waals surface area (Å²) in [5.41, 5.74) is 8.85. The maximum atomic E-state index is 11.3. The lowest BCUT2D eigenvalue weighted by atomic mass is 9.89. The zero-order valence-electron chi connectivity index (χ0n) is 10.1. The van der Waals surface area contributed by atoms with Crippen LogP contribution in [0, 0.1) is 16.7 Å². The van der Waals surface area contributed by atoms with Crippen LogP contribution in [0.25, 0.3) is 0 Å². The van der Waals surface area contributed by atoms with Gasteiger partial charge in [-0.25, -0.2) is 0 Å². The van der Waals surface area contributed by atoms with E-state index in [1.54, 1.807) is 0 Å². The Morgan fingerprint density at radius 1 is 1.39 bits per heavy atom. The van der Waals surface area contributed by atoms with E-state index in [0.29, 0.717) is 6.42 Å². The van der Waals surface area contributed by atoms with Crippen LogP contribution in [0.3, 0.4) is 0 Å². The van der Waals surface area contributed by atoms with Gasteiger partial charge in [0.1, 0.15) is 0 Å². The summed E-state index contributed by atoms with van der Waals surface area (Å²) in [4.78, 5) is 11.3. The number of nitrogens with two attached hydrogens (primary N) is 1. The van der Waals surface area contributed by atoms with Crippen molar-refractivity contribution in [2.45, 2.75) is 31.7 Å². The molecule has 0 aromatic heterocycles. The minimum Gasteiger partial charge on any atom is -0.326 e. The fraction of sp³-hybridized carbons (Fsp3) is 0.429. The number of nitrogens with one attached hydrogen (secondary N) is 1. The van der Waals surface area contributed by atoms with Crippen LogP contribution in [-0.2, 0) is 11.2 Å². The molecule has 1 heterocycles. The van der Waals surface area contributed by atoms with E-state index < -0.39 is 0 Å². The number of carbonyl (C=O) groups is 1. The molecular formula is C14H15N3O. The smallest absolute Gasteiger partial charge is 0.224 e. The molecule has 1 fully saturated rings. The standard InChI is InChI=1S/C14H15N3O/c15-8-14(5-6-14)13(16)10-1-3-11-9(7-10)2-4-12(18)17-11/h1,3,7,13H,2,4-6,16H2,(H,17,18). The second-order valence-electron chi connectivity index (χ2n) is 5.21. The molecule has 0 radical (unpaired) electrons. The largest absolute Gasteiger partial charge is 0.326 e. The molecule has 0 spiro atoms. The highest BCUT2D eigenvalue weighted by Crippen LogP contribution is 2.53. The summed E-state index contributed by atoms with van der Waals surface area (Å²) in [5, 5.41) is 12.0. The average Bonchev–Trinajstić information content (AvgIpc) is 3.18. The first-order valence-electron chi connectivity index (χ1n) is 6.24. The molecule has 1 unspecified atom stereocenters. The molecule has 3 rings (SSSR count). The minimum atomic E-state index is -0.355. The number of rotatable bonds is 2. The van der Waals surface area contributed by atoms with Crippen molar-refractivity contribution in [3.63, 3.8) is 0 Å². The van der Waals surface area contributed by atoms with Crippen LogP contribution in [0.1, 0.15) is 36.4 Å². The van der Waals surface area contributed by atoms with Crippen LogP contribution in [0.5, 0.6) is 0 Å². The SMILES string of the molecule is N#CC1(C(N)c2ccc3c(c2)CCC(=O)N3)CC1. The predicted molar refractivity (Wildman–Crippen MR) is 67.6 cm³/mol. The van der Waals surface area contributed by atoms with Crippen LogP contribution in [0.2, 0.25) is 0 Å². The Kier molecular flexibility index (Phi) is 2.39. The van der Waals surface area contributed by atoms with Gasteiger partial charge in [-0.1, -0.05) is 12.1 Å². The van der Waals surface area contributed by atoms with Crippen molar-refractivity contribution in [1.29, 1.82) is 5.26 Å². The van der Waals surface area contributed by atoms with Crippen LogP contribution < -0.4 is 11.1 Å². The first-order chi connectivity index (χ1) is 8.64. The van der Waals surface area contributed by atoms with Crippen molar-refractivity contribution in [2.75, 3.05) is 5.32 Å².